The number of piperazine rings is 1. The molecule has 30 heavy (non-hydrogen) atoms. The molecule has 1 aromatic heterocycles. The van der Waals surface area contributed by atoms with E-state index in [1.165, 1.54) is 0 Å². The quantitative estimate of drug-likeness (QED) is 0.666. The van der Waals surface area contributed by atoms with E-state index in [-0.39, 0.29) is 29.5 Å². The monoisotopic (exact) mass is 451 g/mol. The van der Waals surface area contributed by atoms with Crippen molar-refractivity contribution in [2.45, 2.75) is 52.6 Å². The van der Waals surface area contributed by atoms with Gasteiger partial charge in [0.1, 0.15) is 6.04 Å². The van der Waals surface area contributed by atoms with Crippen LogP contribution in [0.2, 0.25) is 10.0 Å². The van der Waals surface area contributed by atoms with Crippen molar-refractivity contribution < 1.29 is 14.1 Å². The number of nitrogens with zero attached hydrogens (tertiary/aromatic N) is 2. The third kappa shape index (κ3) is 5.16. The molecule has 2 heterocycles. The van der Waals surface area contributed by atoms with Crippen LogP contribution in [0.1, 0.15) is 51.0 Å². The fourth-order valence-electron chi connectivity index (χ4n) is 3.80. The number of hydrogen-bond donors (Lipinski definition) is 1. The molecule has 1 fully saturated rings. The van der Waals surface area contributed by atoms with Crippen LogP contribution < -0.4 is 5.32 Å². The van der Waals surface area contributed by atoms with E-state index in [1.807, 2.05) is 13.8 Å². The average Bonchev–Trinajstić information content (AvgIpc) is 3.12. The van der Waals surface area contributed by atoms with Crippen molar-refractivity contribution >= 4 is 35.0 Å². The van der Waals surface area contributed by atoms with Gasteiger partial charge in [0.25, 0.3) is 5.91 Å². The van der Waals surface area contributed by atoms with E-state index in [9.17, 15) is 9.59 Å². The van der Waals surface area contributed by atoms with E-state index in [1.54, 1.807) is 29.2 Å². The molecule has 0 unspecified atom stereocenters. The first-order valence-electron chi connectivity index (χ1n) is 10.2. The Labute approximate surface area is 186 Å². The highest BCUT2D eigenvalue weighted by Crippen LogP contribution is 2.31. The van der Waals surface area contributed by atoms with Crippen molar-refractivity contribution in [3.63, 3.8) is 0 Å². The van der Waals surface area contributed by atoms with E-state index >= 15 is 0 Å². The molecule has 2 aromatic rings. The zero-order valence-electron chi connectivity index (χ0n) is 17.6. The summed E-state index contributed by atoms with van der Waals surface area (Å²) >= 11 is 12.2. The van der Waals surface area contributed by atoms with E-state index in [2.05, 4.69) is 24.3 Å². The molecule has 0 aliphatic carbocycles. The lowest BCUT2D eigenvalue weighted by Gasteiger charge is -2.40. The molecular weight excluding hydrogens is 425 g/mol. The summed E-state index contributed by atoms with van der Waals surface area (Å²) < 4.78 is 5.39. The summed E-state index contributed by atoms with van der Waals surface area (Å²) in [5, 5.41) is 7.96. The first-order valence-corrected chi connectivity index (χ1v) is 10.9. The molecule has 0 bridgehead atoms. The van der Waals surface area contributed by atoms with Crippen LogP contribution >= 0.6 is 23.2 Å². The van der Waals surface area contributed by atoms with Crippen molar-refractivity contribution in [1.29, 1.82) is 0 Å². The standard InChI is InChI=1S/C22H27Cl2N3O3/c1-12(2)7-15-11-27(19(8-13(3)4)21(28)25-15)22(29)18-10-20(30-26-18)16-6-5-14(23)9-17(16)24/h5-6,9-10,12-13,15,19H,7-8,11H2,1-4H3,(H,25,28)/t15-,19-/m0/s1. The Morgan fingerprint density at radius 1 is 1.20 bits per heavy atom. The SMILES string of the molecule is CC(C)C[C@H]1CN(C(=O)c2cc(-c3ccc(Cl)cc3Cl)on2)[C@@H](CC(C)C)C(=O)N1. The second-order valence-electron chi connectivity index (χ2n) is 8.64. The number of carbonyl (C=O) groups excluding carboxylic acids is 2. The van der Waals surface area contributed by atoms with Crippen molar-refractivity contribution in [3.05, 3.63) is 40.0 Å². The van der Waals surface area contributed by atoms with Crippen LogP contribution in [-0.2, 0) is 4.79 Å². The van der Waals surface area contributed by atoms with Gasteiger partial charge in [0.05, 0.1) is 5.02 Å². The molecule has 0 saturated carbocycles. The number of amides is 2. The summed E-state index contributed by atoms with van der Waals surface area (Å²) in [4.78, 5) is 27.7. The minimum absolute atomic E-state index is 0.0815. The van der Waals surface area contributed by atoms with Crippen LogP contribution in [0.5, 0.6) is 0 Å². The number of nitrogens with one attached hydrogen (secondary N) is 1. The van der Waals surface area contributed by atoms with Gasteiger partial charge < -0.3 is 14.7 Å². The Morgan fingerprint density at radius 2 is 1.90 bits per heavy atom. The smallest absolute Gasteiger partial charge is 0.276 e. The summed E-state index contributed by atoms with van der Waals surface area (Å²) in [6.07, 6.45) is 1.38. The van der Waals surface area contributed by atoms with Crippen LogP contribution in [0.15, 0.2) is 28.8 Å². The molecule has 2 atom stereocenters. The minimum atomic E-state index is -0.528. The summed E-state index contributed by atoms with van der Waals surface area (Å²) in [6, 6.07) is 5.97. The molecule has 1 aromatic carbocycles. The topological polar surface area (TPSA) is 75.4 Å². The lowest BCUT2D eigenvalue weighted by atomic mass is 9.94. The van der Waals surface area contributed by atoms with Gasteiger partial charge in [-0.2, -0.15) is 0 Å². The van der Waals surface area contributed by atoms with Gasteiger partial charge >= 0.3 is 0 Å². The lowest BCUT2D eigenvalue weighted by Crippen LogP contribution is -2.62. The molecule has 1 aliphatic rings. The normalized spacial score (nSPS) is 19.5. The highest BCUT2D eigenvalue weighted by Gasteiger charge is 2.39. The van der Waals surface area contributed by atoms with Crippen LogP contribution in [0.25, 0.3) is 11.3 Å². The number of aromatic nitrogens is 1. The molecule has 8 heteroatoms. The molecule has 1 aliphatic heterocycles. The second-order valence-corrected chi connectivity index (χ2v) is 9.48. The van der Waals surface area contributed by atoms with Crippen molar-refractivity contribution in [1.82, 2.24) is 15.4 Å². The Bertz CT molecular complexity index is 926. The number of benzene rings is 1. The molecular formula is C22H27Cl2N3O3. The largest absolute Gasteiger partial charge is 0.355 e. The first kappa shape index (κ1) is 22.6. The van der Waals surface area contributed by atoms with Gasteiger partial charge in [-0.15, -0.1) is 0 Å². The average molecular weight is 452 g/mol. The van der Waals surface area contributed by atoms with Crippen molar-refractivity contribution in [3.8, 4) is 11.3 Å². The van der Waals surface area contributed by atoms with E-state index in [4.69, 9.17) is 27.7 Å². The number of hydrogen-bond acceptors (Lipinski definition) is 4. The van der Waals surface area contributed by atoms with E-state index in [0.717, 1.165) is 6.42 Å². The molecule has 3 rings (SSSR count). The Balaban J connectivity index is 1.88. The fraction of sp³-hybridized carbons (Fsp3) is 0.500. The molecule has 0 radical (unpaired) electrons. The molecule has 2 amide bonds. The number of carbonyl (C=O) groups is 2. The molecule has 6 nitrogen and oxygen atoms in total. The number of halogens is 2. The fourth-order valence-corrected chi connectivity index (χ4v) is 4.30. The van der Waals surface area contributed by atoms with E-state index in [0.29, 0.717) is 40.3 Å². The third-order valence-electron chi connectivity index (χ3n) is 5.08. The van der Waals surface area contributed by atoms with Crippen molar-refractivity contribution in [2.75, 3.05) is 6.54 Å². The van der Waals surface area contributed by atoms with Gasteiger partial charge in [0.15, 0.2) is 11.5 Å². The molecule has 1 N–H and O–H groups in total. The third-order valence-corrected chi connectivity index (χ3v) is 5.63. The molecule has 162 valence electrons. The van der Waals surface area contributed by atoms with Crippen LogP contribution in [-0.4, -0.2) is 40.5 Å². The van der Waals surface area contributed by atoms with Crippen LogP contribution in [0, 0.1) is 11.8 Å². The lowest BCUT2D eigenvalue weighted by molar-refractivity contribution is -0.130. The van der Waals surface area contributed by atoms with Crippen LogP contribution in [0.3, 0.4) is 0 Å². The summed E-state index contributed by atoms with van der Waals surface area (Å²) in [6.45, 7) is 8.71. The summed E-state index contributed by atoms with van der Waals surface area (Å²) in [5.74, 6) is 0.612. The highest BCUT2D eigenvalue weighted by atomic mass is 35.5. The van der Waals surface area contributed by atoms with Crippen LogP contribution in [0.4, 0.5) is 0 Å². The second kappa shape index (κ2) is 9.40. The minimum Gasteiger partial charge on any atom is -0.355 e. The maximum absolute atomic E-state index is 13.3. The van der Waals surface area contributed by atoms with Gasteiger partial charge in [0.2, 0.25) is 5.91 Å². The highest BCUT2D eigenvalue weighted by molar-refractivity contribution is 6.36. The zero-order chi connectivity index (χ0) is 22.0. The van der Waals surface area contributed by atoms with Crippen molar-refractivity contribution in [2.24, 2.45) is 11.8 Å². The molecule has 0 spiro atoms. The number of rotatable bonds is 6. The van der Waals surface area contributed by atoms with Gasteiger partial charge in [-0.25, -0.2) is 0 Å². The predicted molar refractivity (Wildman–Crippen MR) is 118 cm³/mol. The van der Waals surface area contributed by atoms with Gasteiger partial charge in [-0.05, 0) is 42.9 Å². The van der Waals surface area contributed by atoms with Gasteiger partial charge in [0, 0.05) is 29.2 Å². The maximum atomic E-state index is 13.3. The Hall–Kier alpha value is -2.05. The first-order chi connectivity index (χ1) is 14.2. The Kier molecular flexibility index (Phi) is 7.09. The van der Waals surface area contributed by atoms with E-state index < -0.39 is 6.04 Å². The maximum Gasteiger partial charge on any atom is 0.276 e. The predicted octanol–water partition coefficient (Wildman–Crippen LogP) is 5.05. The summed E-state index contributed by atoms with van der Waals surface area (Å²) in [7, 11) is 0. The summed E-state index contributed by atoms with van der Waals surface area (Å²) in [5.41, 5.74) is 0.753. The van der Waals surface area contributed by atoms with Gasteiger partial charge in [-0.1, -0.05) is 56.1 Å². The Morgan fingerprint density at radius 3 is 2.53 bits per heavy atom. The molecule has 1 saturated heterocycles. The van der Waals surface area contributed by atoms with Gasteiger partial charge in [-0.3, -0.25) is 9.59 Å². The zero-order valence-corrected chi connectivity index (χ0v) is 19.1.